The molecule has 1 spiro atoms. The Labute approximate surface area is 196 Å². The first-order valence-electron chi connectivity index (χ1n) is 10.6. The van der Waals surface area contributed by atoms with Gasteiger partial charge in [0.1, 0.15) is 0 Å². The van der Waals surface area contributed by atoms with Crippen LogP contribution in [-0.4, -0.2) is 30.5 Å². The molecule has 2 aliphatic rings. The van der Waals surface area contributed by atoms with Crippen LogP contribution >= 0.6 is 11.6 Å². The number of benzene rings is 2. The number of pyridine rings is 1. The number of sulfone groups is 1. The van der Waals surface area contributed by atoms with E-state index in [2.05, 4.69) is 9.97 Å². The molecule has 0 bridgehead atoms. The van der Waals surface area contributed by atoms with Gasteiger partial charge in [-0.05, 0) is 54.3 Å². The van der Waals surface area contributed by atoms with Crippen LogP contribution in [0.25, 0.3) is 22.0 Å². The number of aromatic nitrogens is 2. The molecule has 2 aromatic carbocycles. The molecule has 1 aliphatic heterocycles. The van der Waals surface area contributed by atoms with Gasteiger partial charge in [0, 0.05) is 39.6 Å². The third kappa shape index (κ3) is 3.10. The molecule has 1 N–H and O–H groups in total. The maximum Gasteiger partial charge on any atom is 0.238 e. The van der Waals surface area contributed by atoms with Crippen LogP contribution in [-0.2, 0) is 26.6 Å². The molecule has 166 valence electrons. The van der Waals surface area contributed by atoms with Gasteiger partial charge in [-0.2, -0.15) is 0 Å². The molecule has 6 nitrogen and oxygen atoms in total. The van der Waals surface area contributed by atoms with Crippen molar-refractivity contribution in [1.82, 2.24) is 9.97 Å². The van der Waals surface area contributed by atoms with Gasteiger partial charge in [0.25, 0.3) is 0 Å². The van der Waals surface area contributed by atoms with E-state index < -0.39 is 15.3 Å². The highest BCUT2D eigenvalue weighted by Gasteiger charge is 2.59. The highest BCUT2D eigenvalue weighted by molar-refractivity contribution is 7.90. The fourth-order valence-corrected chi connectivity index (χ4v) is 5.76. The molecule has 0 unspecified atom stereocenters. The summed E-state index contributed by atoms with van der Waals surface area (Å²) in [5.74, 6) is 0.112. The average Bonchev–Trinajstić information content (AvgIpc) is 3.47. The normalized spacial score (nSPS) is 16.5. The van der Waals surface area contributed by atoms with Crippen molar-refractivity contribution in [2.24, 2.45) is 0 Å². The van der Waals surface area contributed by atoms with E-state index in [1.165, 1.54) is 6.26 Å². The molecule has 3 heterocycles. The van der Waals surface area contributed by atoms with Crippen LogP contribution in [0.4, 0.5) is 5.69 Å². The van der Waals surface area contributed by atoms with Gasteiger partial charge in [-0.3, -0.25) is 9.78 Å². The van der Waals surface area contributed by atoms with Crippen molar-refractivity contribution >= 4 is 43.9 Å². The molecular formula is C25H20ClN3O3S. The summed E-state index contributed by atoms with van der Waals surface area (Å²) in [7, 11) is -3.30. The first kappa shape index (κ1) is 20.4. The summed E-state index contributed by atoms with van der Waals surface area (Å²) in [5.41, 5.74) is 5.03. The van der Waals surface area contributed by atoms with E-state index in [0.717, 1.165) is 51.8 Å². The van der Waals surface area contributed by atoms with Crippen molar-refractivity contribution in [3.63, 3.8) is 0 Å². The molecule has 1 fully saturated rings. The quantitative estimate of drug-likeness (QED) is 0.454. The van der Waals surface area contributed by atoms with Gasteiger partial charge in [-0.25, -0.2) is 8.42 Å². The highest BCUT2D eigenvalue weighted by atomic mass is 35.5. The summed E-state index contributed by atoms with van der Waals surface area (Å²) in [4.78, 5) is 23.2. The molecule has 1 saturated carbocycles. The fourth-order valence-electron chi connectivity index (χ4n) is 4.95. The summed E-state index contributed by atoms with van der Waals surface area (Å²) in [6.07, 6.45) is 6.43. The van der Waals surface area contributed by atoms with E-state index in [9.17, 15) is 13.2 Å². The summed E-state index contributed by atoms with van der Waals surface area (Å²) >= 11 is 6.24. The Balaban J connectivity index is 1.49. The second-order valence-corrected chi connectivity index (χ2v) is 11.3. The standard InChI is InChI=1S/C25H20ClN3O3S/c1-33(31,32)17-5-2-15(3-6-17)23-18-7-4-16(26)12-20(18)28-21(23)14-29-22-13-27-11-8-19(22)25(9-10-25)24(29)30/h2-8,11-13,28H,9-10,14H2,1H3. The average molecular weight is 478 g/mol. The molecule has 1 aliphatic carbocycles. The van der Waals surface area contributed by atoms with E-state index in [4.69, 9.17) is 11.6 Å². The molecule has 1 amide bonds. The van der Waals surface area contributed by atoms with Crippen molar-refractivity contribution in [1.29, 1.82) is 0 Å². The van der Waals surface area contributed by atoms with E-state index in [0.29, 0.717) is 11.6 Å². The van der Waals surface area contributed by atoms with Crippen LogP contribution in [0.15, 0.2) is 65.8 Å². The number of carbonyl (C=O) groups excluding carboxylic acids is 1. The third-order valence-corrected chi connectivity index (χ3v) is 8.10. The van der Waals surface area contributed by atoms with Crippen molar-refractivity contribution in [3.05, 3.63) is 77.2 Å². The second-order valence-electron chi connectivity index (χ2n) is 8.83. The number of nitrogens with zero attached hydrogens (tertiary/aromatic N) is 2. The number of rotatable bonds is 4. The fraction of sp³-hybridized carbons (Fsp3) is 0.200. The number of carbonyl (C=O) groups is 1. The lowest BCUT2D eigenvalue weighted by Gasteiger charge is -2.18. The van der Waals surface area contributed by atoms with Crippen LogP contribution in [0.3, 0.4) is 0 Å². The summed E-state index contributed by atoms with van der Waals surface area (Å²) in [5, 5.41) is 1.57. The molecule has 0 saturated heterocycles. The SMILES string of the molecule is CS(=O)(=O)c1ccc(-c2c(CN3C(=O)C4(CC4)c4ccncc43)[nH]c3cc(Cl)ccc23)cc1. The largest absolute Gasteiger partial charge is 0.356 e. The molecule has 6 rings (SSSR count). The lowest BCUT2D eigenvalue weighted by Crippen LogP contribution is -2.31. The van der Waals surface area contributed by atoms with Crippen LogP contribution < -0.4 is 4.90 Å². The van der Waals surface area contributed by atoms with E-state index in [-0.39, 0.29) is 10.8 Å². The third-order valence-electron chi connectivity index (χ3n) is 6.74. The monoisotopic (exact) mass is 477 g/mol. The Hall–Kier alpha value is -3.16. The minimum atomic E-state index is -3.30. The highest BCUT2D eigenvalue weighted by Crippen LogP contribution is 2.57. The van der Waals surface area contributed by atoms with Gasteiger partial charge < -0.3 is 9.88 Å². The summed E-state index contributed by atoms with van der Waals surface area (Å²) in [6, 6.07) is 14.4. The molecule has 33 heavy (non-hydrogen) atoms. The van der Waals surface area contributed by atoms with Crippen LogP contribution in [0.2, 0.25) is 5.02 Å². The molecule has 4 aromatic rings. The van der Waals surface area contributed by atoms with Gasteiger partial charge in [-0.15, -0.1) is 0 Å². The Morgan fingerprint density at radius 3 is 2.58 bits per heavy atom. The number of hydrogen-bond acceptors (Lipinski definition) is 4. The lowest BCUT2D eigenvalue weighted by molar-refractivity contribution is -0.120. The number of aromatic amines is 1. The first-order chi connectivity index (χ1) is 15.8. The van der Waals surface area contributed by atoms with Gasteiger partial charge in [0.2, 0.25) is 5.91 Å². The van der Waals surface area contributed by atoms with Crippen molar-refractivity contribution < 1.29 is 13.2 Å². The number of hydrogen-bond donors (Lipinski definition) is 1. The van der Waals surface area contributed by atoms with Crippen LogP contribution in [0.1, 0.15) is 24.1 Å². The lowest BCUT2D eigenvalue weighted by atomic mass is 9.99. The number of fused-ring (bicyclic) bond motifs is 3. The van der Waals surface area contributed by atoms with Crippen molar-refractivity contribution in [3.8, 4) is 11.1 Å². The predicted octanol–water partition coefficient (Wildman–Crippen LogP) is 4.87. The number of anilines is 1. The Morgan fingerprint density at radius 2 is 1.88 bits per heavy atom. The maximum absolute atomic E-state index is 13.4. The second kappa shape index (κ2) is 6.92. The molecule has 2 aromatic heterocycles. The van der Waals surface area contributed by atoms with Crippen molar-refractivity contribution in [2.45, 2.75) is 29.7 Å². The van der Waals surface area contributed by atoms with Gasteiger partial charge in [0.15, 0.2) is 9.84 Å². The molecule has 0 radical (unpaired) electrons. The minimum absolute atomic E-state index is 0.112. The molecular weight excluding hydrogens is 458 g/mol. The van der Waals surface area contributed by atoms with Gasteiger partial charge in [0.05, 0.1) is 28.7 Å². The van der Waals surface area contributed by atoms with E-state index in [1.54, 1.807) is 36.7 Å². The Morgan fingerprint density at radius 1 is 1.12 bits per heavy atom. The van der Waals surface area contributed by atoms with Gasteiger partial charge >= 0.3 is 0 Å². The van der Waals surface area contributed by atoms with Crippen LogP contribution in [0, 0.1) is 0 Å². The Kier molecular flexibility index (Phi) is 4.29. The predicted molar refractivity (Wildman–Crippen MR) is 128 cm³/mol. The number of nitrogens with one attached hydrogen (secondary N) is 1. The Bertz CT molecular complexity index is 1550. The zero-order chi connectivity index (χ0) is 23.0. The van der Waals surface area contributed by atoms with E-state index in [1.807, 2.05) is 29.2 Å². The topological polar surface area (TPSA) is 83.1 Å². The number of H-pyrrole nitrogens is 1. The summed E-state index contributed by atoms with van der Waals surface area (Å²) in [6.45, 7) is 0.356. The first-order valence-corrected chi connectivity index (χ1v) is 12.9. The zero-order valence-corrected chi connectivity index (χ0v) is 19.4. The maximum atomic E-state index is 13.4. The number of amides is 1. The van der Waals surface area contributed by atoms with Gasteiger partial charge in [-0.1, -0.05) is 29.8 Å². The smallest absolute Gasteiger partial charge is 0.238 e. The van der Waals surface area contributed by atoms with E-state index >= 15 is 0 Å². The molecule has 0 atom stereocenters. The number of halogens is 1. The van der Waals surface area contributed by atoms with Crippen molar-refractivity contribution in [2.75, 3.05) is 11.2 Å². The summed E-state index contributed by atoms with van der Waals surface area (Å²) < 4.78 is 23.9. The zero-order valence-electron chi connectivity index (χ0n) is 17.8. The van der Waals surface area contributed by atoms with Crippen LogP contribution in [0.5, 0.6) is 0 Å². The minimum Gasteiger partial charge on any atom is -0.356 e. The molecule has 8 heteroatoms.